The van der Waals surface area contributed by atoms with E-state index >= 15 is 0 Å². The molecule has 0 atom stereocenters. The zero-order chi connectivity index (χ0) is 18.1. The van der Waals surface area contributed by atoms with Crippen molar-refractivity contribution < 1.29 is 28.5 Å². The fraction of sp³-hybridized carbons (Fsp3) is 0.105. The van der Waals surface area contributed by atoms with E-state index in [-0.39, 0.29) is 18.4 Å². The lowest BCUT2D eigenvalue weighted by atomic mass is 10.1. The van der Waals surface area contributed by atoms with Crippen molar-refractivity contribution in [3.05, 3.63) is 64.9 Å². The smallest absolute Gasteiger partial charge is 0.363 e. The van der Waals surface area contributed by atoms with Gasteiger partial charge >= 0.3 is 11.9 Å². The molecule has 0 spiro atoms. The summed E-state index contributed by atoms with van der Waals surface area (Å²) < 4.78 is 20.6. The molecule has 2 aromatic rings. The maximum absolute atomic E-state index is 12.2. The lowest BCUT2D eigenvalue weighted by molar-refractivity contribution is -0.129. The Morgan fingerprint density at radius 3 is 2.81 bits per heavy atom. The highest BCUT2D eigenvalue weighted by atomic mass is 16.7. The van der Waals surface area contributed by atoms with E-state index in [9.17, 15) is 9.59 Å². The molecule has 0 N–H and O–H groups in total. The molecule has 26 heavy (non-hydrogen) atoms. The molecule has 0 fully saturated rings. The minimum Gasteiger partial charge on any atom is -0.465 e. The minimum atomic E-state index is -0.600. The van der Waals surface area contributed by atoms with E-state index in [1.54, 1.807) is 42.5 Å². The first kappa shape index (κ1) is 15.9. The Morgan fingerprint density at radius 1 is 1.15 bits per heavy atom. The van der Waals surface area contributed by atoms with Crippen LogP contribution in [0.25, 0.3) is 6.08 Å². The Kier molecular flexibility index (Phi) is 3.89. The lowest BCUT2D eigenvalue weighted by Crippen LogP contribution is -2.06. The molecule has 7 heteroatoms. The second-order valence-electron chi connectivity index (χ2n) is 5.48. The van der Waals surface area contributed by atoms with Crippen LogP contribution in [0, 0.1) is 0 Å². The molecule has 0 aliphatic carbocycles. The lowest BCUT2D eigenvalue weighted by Gasteiger charge is -2.03. The minimum absolute atomic E-state index is 0.0917. The highest BCUT2D eigenvalue weighted by molar-refractivity contribution is 6.13. The quantitative estimate of drug-likeness (QED) is 0.624. The monoisotopic (exact) mass is 351 g/mol. The zero-order valence-corrected chi connectivity index (χ0v) is 13.7. The van der Waals surface area contributed by atoms with Gasteiger partial charge in [-0.2, -0.15) is 0 Å². The summed E-state index contributed by atoms with van der Waals surface area (Å²) in [5.74, 6) is 0.257. The van der Waals surface area contributed by atoms with E-state index in [0.29, 0.717) is 28.2 Å². The Balaban J connectivity index is 1.69. The van der Waals surface area contributed by atoms with Gasteiger partial charge in [0.2, 0.25) is 12.7 Å². The first-order chi connectivity index (χ1) is 12.7. The highest BCUT2D eigenvalue weighted by Gasteiger charge is 2.26. The Labute approximate surface area is 148 Å². The Morgan fingerprint density at radius 2 is 1.96 bits per heavy atom. The Bertz CT molecular complexity index is 976. The molecule has 2 aliphatic heterocycles. The van der Waals surface area contributed by atoms with Crippen molar-refractivity contribution in [3.8, 4) is 11.5 Å². The molecule has 0 radical (unpaired) electrons. The molecule has 4 rings (SSSR count). The van der Waals surface area contributed by atoms with Crippen LogP contribution in [-0.4, -0.2) is 31.7 Å². The summed E-state index contributed by atoms with van der Waals surface area (Å²) in [5.41, 5.74) is 1.53. The van der Waals surface area contributed by atoms with Crippen molar-refractivity contribution >= 4 is 23.9 Å². The molecule has 0 unspecified atom stereocenters. The maximum atomic E-state index is 12.2. The molecule has 2 aliphatic rings. The van der Waals surface area contributed by atoms with Crippen molar-refractivity contribution in [2.75, 3.05) is 13.9 Å². The largest absolute Gasteiger partial charge is 0.465 e. The van der Waals surface area contributed by atoms with Gasteiger partial charge < -0.3 is 18.9 Å². The topological polar surface area (TPSA) is 83.4 Å². The average molecular weight is 351 g/mol. The average Bonchev–Trinajstić information content (AvgIpc) is 3.27. The third kappa shape index (κ3) is 2.79. The fourth-order valence-electron chi connectivity index (χ4n) is 2.63. The number of hydrogen-bond acceptors (Lipinski definition) is 7. The maximum Gasteiger partial charge on any atom is 0.363 e. The molecule has 2 aromatic carbocycles. The molecular weight excluding hydrogens is 338 g/mol. The van der Waals surface area contributed by atoms with E-state index in [1.165, 1.54) is 13.2 Å². The van der Waals surface area contributed by atoms with E-state index in [0.717, 1.165) is 0 Å². The number of hydrogen-bond donors (Lipinski definition) is 0. The fourth-order valence-corrected chi connectivity index (χ4v) is 2.63. The molecule has 2 heterocycles. The summed E-state index contributed by atoms with van der Waals surface area (Å²) in [6, 6.07) is 11.9. The van der Waals surface area contributed by atoms with Crippen LogP contribution in [0.15, 0.2) is 53.2 Å². The number of carbonyl (C=O) groups excluding carboxylic acids is 2. The number of benzene rings is 2. The normalized spacial score (nSPS) is 16.4. The first-order valence-corrected chi connectivity index (χ1v) is 7.75. The third-order valence-electron chi connectivity index (χ3n) is 3.90. The predicted octanol–water partition coefficient (Wildman–Crippen LogP) is 2.55. The number of esters is 2. The molecule has 7 nitrogen and oxygen atoms in total. The van der Waals surface area contributed by atoms with Crippen molar-refractivity contribution in [2.24, 2.45) is 4.99 Å². The molecule has 0 bridgehead atoms. The second-order valence-corrected chi connectivity index (χ2v) is 5.48. The molecule has 130 valence electrons. The van der Waals surface area contributed by atoms with Crippen LogP contribution < -0.4 is 9.47 Å². The van der Waals surface area contributed by atoms with E-state index < -0.39 is 11.9 Å². The summed E-state index contributed by atoms with van der Waals surface area (Å²) in [7, 11) is 1.30. The van der Waals surface area contributed by atoms with E-state index in [1.807, 2.05) is 0 Å². The van der Waals surface area contributed by atoms with Crippen LogP contribution >= 0.6 is 0 Å². The van der Waals surface area contributed by atoms with Gasteiger partial charge in [-0.25, -0.2) is 14.6 Å². The summed E-state index contributed by atoms with van der Waals surface area (Å²) in [5, 5.41) is 0. The van der Waals surface area contributed by atoms with Gasteiger partial charge in [-0.15, -0.1) is 0 Å². The van der Waals surface area contributed by atoms with Crippen LogP contribution in [-0.2, 0) is 14.3 Å². The number of ether oxygens (including phenoxy) is 4. The van der Waals surface area contributed by atoms with Crippen molar-refractivity contribution in [3.63, 3.8) is 0 Å². The molecular formula is C19H13NO6. The number of fused-ring (bicyclic) bond motifs is 1. The number of cyclic esters (lactones) is 1. The Hall–Kier alpha value is -3.61. The van der Waals surface area contributed by atoms with Gasteiger partial charge in [0, 0.05) is 5.56 Å². The van der Waals surface area contributed by atoms with Crippen LogP contribution in [0.4, 0.5) is 0 Å². The molecule has 0 aromatic heterocycles. The van der Waals surface area contributed by atoms with Crippen LogP contribution in [0.1, 0.15) is 21.5 Å². The summed E-state index contributed by atoms with van der Waals surface area (Å²) >= 11 is 0. The number of aliphatic imine (C=N–C) groups is 1. The molecule has 0 saturated heterocycles. The van der Waals surface area contributed by atoms with Gasteiger partial charge in [-0.3, -0.25) is 0 Å². The van der Waals surface area contributed by atoms with Gasteiger partial charge in [0.1, 0.15) is 0 Å². The summed E-state index contributed by atoms with van der Waals surface area (Å²) in [6.45, 7) is 0.153. The number of carbonyl (C=O) groups is 2. The number of nitrogens with zero attached hydrogens (tertiary/aromatic N) is 1. The van der Waals surface area contributed by atoms with Gasteiger partial charge in [-0.05, 0) is 35.9 Å². The first-order valence-electron chi connectivity index (χ1n) is 7.75. The van der Waals surface area contributed by atoms with Gasteiger partial charge in [0.05, 0.1) is 12.7 Å². The van der Waals surface area contributed by atoms with E-state index in [4.69, 9.17) is 18.9 Å². The number of methoxy groups -OCH3 is 1. The number of rotatable bonds is 3. The van der Waals surface area contributed by atoms with Crippen molar-refractivity contribution in [2.45, 2.75) is 0 Å². The second kappa shape index (κ2) is 6.36. The molecule has 0 saturated carbocycles. The van der Waals surface area contributed by atoms with Crippen LogP contribution in [0.2, 0.25) is 0 Å². The van der Waals surface area contributed by atoms with E-state index in [2.05, 4.69) is 4.99 Å². The van der Waals surface area contributed by atoms with Gasteiger partial charge in [0.15, 0.2) is 17.2 Å². The SMILES string of the molecule is COC(=O)c1ccccc1C=C1N=C(c2ccc3c(c2)OCO3)OC1=O. The third-order valence-corrected chi connectivity index (χ3v) is 3.90. The van der Waals surface area contributed by atoms with Crippen molar-refractivity contribution in [1.29, 1.82) is 0 Å². The summed E-state index contributed by atoms with van der Waals surface area (Å²) in [4.78, 5) is 28.3. The van der Waals surface area contributed by atoms with Crippen LogP contribution in [0.3, 0.4) is 0 Å². The highest BCUT2D eigenvalue weighted by Crippen LogP contribution is 2.33. The van der Waals surface area contributed by atoms with Crippen LogP contribution in [0.5, 0.6) is 11.5 Å². The van der Waals surface area contributed by atoms with Gasteiger partial charge in [0.25, 0.3) is 0 Å². The predicted molar refractivity (Wildman–Crippen MR) is 91.0 cm³/mol. The van der Waals surface area contributed by atoms with Gasteiger partial charge in [-0.1, -0.05) is 18.2 Å². The standard InChI is InChI=1S/C19H13NO6/c1-23-18(21)13-5-3-2-4-11(13)8-14-19(22)26-17(20-14)12-6-7-15-16(9-12)25-10-24-15/h2-9H,10H2,1H3. The zero-order valence-electron chi connectivity index (χ0n) is 13.7. The summed E-state index contributed by atoms with van der Waals surface area (Å²) in [6.07, 6.45) is 1.49. The van der Waals surface area contributed by atoms with Crippen molar-refractivity contribution in [1.82, 2.24) is 0 Å². The molecule has 0 amide bonds.